The Morgan fingerprint density at radius 2 is 2.22 bits per heavy atom. The van der Waals surface area contributed by atoms with Crippen molar-refractivity contribution in [2.45, 2.75) is 32.7 Å². The van der Waals surface area contributed by atoms with Crippen LogP contribution in [0.15, 0.2) is 18.2 Å². The Morgan fingerprint density at radius 1 is 1.48 bits per heavy atom. The van der Waals surface area contributed by atoms with Crippen molar-refractivity contribution in [2.75, 3.05) is 13.2 Å². The number of hydrogen-bond acceptors (Lipinski definition) is 5. The zero-order valence-corrected chi connectivity index (χ0v) is 13.1. The summed E-state index contributed by atoms with van der Waals surface area (Å²) in [7, 11) is 0. The molecule has 8 nitrogen and oxygen atoms in total. The summed E-state index contributed by atoms with van der Waals surface area (Å²) < 4.78 is 0. The Balaban J connectivity index is 2.17. The van der Waals surface area contributed by atoms with Crippen LogP contribution in [-0.2, 0) is 9.63 Å². The zero-order valence-electron chi connectivity index (χ0n) is 13.1. The van der Waals surface area contributed by atoms with Crippen molar-refractivity contribution in [2.24, 2.45) is 0 Å². The standard InChI is InChI=1S/C15H19N3O5/c1-3-23-16-14(19)13-5-4-8-17(13)15(20)11-6-7-12(18(21)22)10(2)9-11/h6-7,9,13H,3-5,8H2,1-2H3,(H,16,19)/t13-/m0/s1. The molecule has 1 aliphatic rings. The lowest BCUT2D eigenvalue weighted by Crippen LogP contribution is -2.45. The van der Waals surface area contributed by atoms with Crippen LogP contribution >= 0.6 is 0 Å². The number of amides is 2. The van der Waals surface area contributed by atoms with Crippen molar-refractivity contribution in [1.29, 1.82) is 0 Å². The van der Waals surface area contributed by atoms with E-state index in [2.05, 4.69) is 5.48 Å². The molecular formula is C15H19N3O5. The SMILES string of the molecule is CCONC(=O)[C@@H]1CCCN1C(=O)c1ccc([N+](=O)[O-])c(C)c1. The minimum Gasteiger partial charge on any atom is -0.327 e. The molecule has 0 saturated carbocycles. The molecule has 1 atom stereocenters. The molecule has 1 fully saturated rings. The minimum atomic E-state index is -0.579. The van der Waals surface area contributed by atoms with Gasteiger partial charge in [-0.3, -0.25) is 24.5 Å². The van der Waals surface area contributed by atoms with Gasteiger partial charge in [0, 0.05) is 23.7 Å². The number of hydrogen-bond donors (Lipinski definition) is 1. The maximum absolute atomic E-state index is 12.6. The number of nitrogens with zero attached hydrogens (tertiary/aromatic N) is 2. The van der Waals surface area contributed by atoms with E-state index in [1.165, 1.54) is 23.1 Å². The minimum absolute atomic E-state index is 0.0337. The van der Waals surface area contributed by atoms with Crippen LogP contribution in [0, 0.1) is 17.0 Å². The smallest absolute Gasteiger partial charge is 0.272 e. The van der Waals surface area contributed by atoms with Crippen molar-refractivity contribution < 1.29 is 19.3 Å². The largest absolute Gasteiger partial charge is 0.327 e. The fourth-order valence-corrected chi connectivity index (χ4v) is 2.65. The number of carbonyl (C=O) groups is 2. The maximum Gasteiger partial charge on any atom is 0.272 e. The fraction of sp³-hybridized carbons (Fsp3) is 0.467. The van der Waals surface area contributed by atoms with Crippen molar-refractivity contribution in [1.82, 2.24) is 10.4 Å². The average molecular weight is 321 g/mol. The molecule has 0 radical (unpaired) electrons. The van der Waals surface area contributed by atoms with Gasteiger partial charge >= 0.3 is 0 Å². The molecule has 0 aliphatic carbocycles. The molecule has 0 aromatic heterocycles. The van der Waals surface area contributed by atoms with Gasteiger partial charge in [-0.1, -0.05) is 0 Å². The van der Waals surface area contributed by atoms with Crippen LogP contribution in [0.5, 0.6) is 0 Å². The molecule has 1 aromatic rings. The van der Waals surface area contributed by atoms with E-state index in [0.717, 1.165) is 6.42 Å². The van der Waals surface area contributed by atoms with Crippen LogP contribution in [0.4, 0.5) is 5.69 Å². The Labute approximate surface area is 133 Å². The third-order valence-electron chi connectivity index (χ3n) is 3.77. The van der Waals surface area contributed by atoms with E-state index in [1.807, 2.05) is 0 Å². The summed E-state index contributed by atoms with van der Waals surface area (Å²) in [6, 6.07) is 3.64. The topological polar surface area (TPSA) is 102 Å². The number of likely N-dealkylation sites (tertiary alicyclic amines) is 1. The van der Waals surface area contributed by atoms with Gasteiger partial charge in [0.05, 0.1) is 11.5 Å². The number of benzene rings is 1. The molecule has 1 N–H and O–H groups in total. The molecule has 1 aromatic carbocycles. The maximum atomic E-state index is 12.6. The van der Waals surface area contributed by atoms with Gasteiger partial charge in [0.15, 0.2) is 0 Å². The summed E-state index contributed by atoms with van der Waals surface area (Å²) >= 11 is 0. The number of hydroxylamine groups is 1. The Bertz CT molecular complexity index is 632. The second-order valence-electron chi connectivity index (χ2n) is 5.31. The van der Waals surface area contributed by atoms with Crippen molar-refractivity contribution >= 4 is 17.5 Å². The Hall–Kier alpha value is -2.48. The van der Waals surface area contributed by atoms with E-state index in [1.54, 1.807) is 13.8 Å². The van der Waals surface area contributed by atoms with Crippen LogP contribution < -0.4 is 5.48 Å². The van der Waals surface area contributed by atoms with E-state index in [-0.39, 0.29) is 17.5 Å². The summed E-state index contributed by atoms with van der Waals surface area (Å²) in [5, 5.41) is 10.8. The van der Waals surface area contributed by atoms with Gasteiger partial charge < -0.3 is 4.90 Å². The number of nitro benzene ring substituents is 1. The number of aryl methyl sites for hydroxylation is 1. The van der Waals surface area contributed by atoms with Gasteiger partial charge in [0.1, 0.15) is 6.04 Å². The van der Waals surface area contributed by atoms with Gasteiger partial charge in [-0.05, 0) is 38.8 Å². The fourth-order valence-electron chi connectivity index (χ4n) is 2.65. The lowest BCUT2D eigenvalue weighted by atomic mass is 10.1. The van der Waals surface area contributed by atoms with Gasteiger partial charge in [-0.15, -0.1) is 0 Å². The third kappa shape index (κ3) is 3.65. The van der Waals surface area contributed by atoms with Gasteiger partial charge in [0.2, 0.25) is 0 Å². The first-order valence-corrected chi connectivity index (χ1v) is 7.43. The molecule has 8 heteroatoms. The van der Waals surface area contributed by atoms with Crippen LogP contribution in [-0.4, -0.2) is 40.8 Å². The van der Waals surface area contributed by atoms with E-state index < -0.39 is 11.0 Å². The molecule has 0 spiro atoms. The first-order valence-electron chi connectivity index (χ1n) is 7.43. The molecule has 1 heterocycles. The highest BCUT2D eigenvalue weighted by molar-refractivity contribution is 5.98. The molecular weight excluding hydrogens is 302 g/mol. The summed E-state index contributed by atoms with van der Waals surface area (Å²) in [5.41, 5.74) is 3.04. The van der Waals surface area contributed by atoms with E-state index in [9.17, 15) is 19.7 Å². The van der Waals surface area contributed by atoms with Crippen LogP contribution in [0.2, 0.25) is 0 Å². The zero-order chi connectivity index (χ0) is 17.0. The van der Waals surface area contributed by atoms with Gasteiger partial charge in [-0.25, -0.2) is 5.48 Å². The van der Waals surface area contributed by atoms with Crippen molar-refractivity contribution in [3.05, 3.63) is 39.4 Å². The first-order chi connectivity index (χ1) is 11.0. The van der Waals surface area contributed by atoms with Gasteiger partial charge in [0.25, 0.3) is 17.5 Å². The molecule has 0 bridgehead atoms. The monoisotopic (exact) mass is 321 g/mol. The second kappa shape index (κ2) is 7.19. The second-order valence-corrected chi connectivity index (χ2v) is 5.31. The molecule has 124 valence electrons. The lowest BCUT2D eigenvalue weighted by Gasteiger charge is -2.23. The molecule has 23 heavy (non-hydrogen) atoms. The highest BCUT2D eigenvalue weighted by Gasteiger charge is 2.35. The number of carbonyl (C=O) groups excluding carboxylic acids is 2. The molecule has 2 amide bonds. The molecule has 1 aliphatic heterocycles. The highest BCUT2D eigenvalue weighted by Crippen LogP contribution is 2.23. The first kappa shape index (κ1) is 16.9. The van der Waals surface area contributed by atoms with Gasteiger partial charge in [-0.2, -0.15) is 0 Å². The molecule has 0 unspecified atom stereocenters. The van der Waals surface area contributed by atoms with Crippen LogP contribution in [0.3, 0.4) is 0 Å². The summed E-state index contributed by atoms with van der Waals surface area (Å²) in [5.74, 6) is -0.659. The average Bonchev–Trinajstić information content (AvgIpc) is 3.00. The predicted octanol–water partition coefficient (Wildman–Crippen LogP) is 1.58. The number of nitrogens with one attached hydrogen (secondary N) is 1. The molecule has 1 saturated heterocycles. The number of rotatable bonds is 5. The number of nitro groups is 1. The quantitative estimate of drug-likeness (QED) is 0.655. The van der Waals surface area contributed by atoms with Crippen molar-refractivity contribution in [3.8, 4) is 0 Å². The predicted molar refractivity (Wildman–Crippen MR) is 81.7 cm³/mol. The Morgan fingerprint density at radius 3 is 2.83 bits per heavy atom. The highest BCUT2D eigenvalue weighted by atomic mass is 16.6. The summed E-state index contributed by atoms with van der Waals surface area (Å²) in [6.45, 7) is 4.14. The summed E-state index contributed by atoms with van der Waals surface area (Å²) in [6.07, 6.45) is 1.29. The van der Waals surface area contributed by atoms with Crippen molar-refractivity contribution in [3.63, 3.8) is 0 Å². The van der Waals surface area contributed by atoms with E-state index >= 15 is 0 Å². The lowest BCUT2D eigenvalue weighted by molar-refractivity contribution is -0.385. The van der Waals surface area contributed by atoms with Crippen LogP contribution in [0.25, 0.3) is 0 Å². The molecule has 2 rings (SSSR count). The van der Waals surface area contributed by atoms with E-state index in [4.69, 9.17) is 4.84 Å². The van der Waals surface area contributed by atoms with E-state index in [0.29, 0.717) is 30.7 Å². The normalized spacial score (nSPS) is 17.1. The Kier molecular flexibility index (Phi) is 5.28. The third-order valence-corrected chi connectivity index (χ3v) is 3.77. The summed E-state index contributed by atoms with van der Waals surface area (Å²) in [4.78, 5) is 41.4. The van der Waals surface area contributed by atoms with Crippen LogP contribution in [0.1, 0.15) is 35.7 Å².